The lowest BCUT2D eigenvalue weighted by Crippen LogP contribution is -2.44. The molecule has 1 saturated heterocycles. The quantitative estimate of drug-likeness (QED) is 0.789. The molecule has 1 fully saturated rings. The van der Waals surface area contributed by atoms with Gasteiger partial charge in [-0.2, -0.15) is 0 Å². The van der Waals surface area contributed by atoms with Crippen LogP contribution in [0.25, 0.3) is 10.9 Å². The Balaban J connectivity index is 1.49. The number of rotatable bonds is 3. The highest BCUT2D eigenvalue weighted by Crippen LogP contribution is 2.21. The maximum atomic E-state index is 12.6. The van der Waals surface area contributed by atoms with E-state index in [2.05, 4.69) is 44.3 Å². The van der Waals surface area contributed by atoms with E-state index >= 15 is 0 Å². The number of anilines is 2. The average Bonchev–Trinajstić information content (AvgIpc) is 2.69. The number of fused-ring (bicyclic) bond motifs is 1. The number of carbonyl (C=O) groups excluding carboxylic acids is 1. The van der Waals surface area contributed by atoms with Crippen molar-refractivity contribution in [1.82, 2.24) is 14.9 Å². The molecule has 1 aliphatic heterocycles. The van der Waals surface area contributed by atoms with Crippen LogP contribution in [0.5, 0.6) is 0 Å². The Morgan fingerprint density at radius 3 is 2.46 bits per heavy atom. The second-order valence-electron chi connectivity index (χ2n) is 6.53. The number of benzene rings is 2. The summed E-state index contributed by atoms with van der Waals surface area (Å²) in [5.41, 5.74) is 3.09. The predicted octanol–water partition coefficient (Wildman–Crippen LogP) is 2.63. The minimum Gasteiger partial charge on any atom is -0.369 e. The molecule has 1 amide bonds. The molecule has 0 bridgehead atoms. The molecule has 0 unspecified atom stereocenters. The van der Waals surface area contributed by atoms with Gasteiger partial charge in [0.25, 0.3) is 5.91 Å². The van der Waals surface area contributed by atoms with E-state index in [9.17, 15) is 4.79 Å². The molecule has 132 valence electrons. The summed E-state index contributed by atoms with van der Waals surface area (Å²) in [6, 6.07) is 15.5. The van der Waals surface area contributed by atoms with E-state index in [-0.39, 0.29) is 5.91 Å². The lowest BCUT2D eigenvalue weighted by atomic mass is 10.1. The first-order chi connectivity index (χ1) is 12.7. The van der Waals surface area contributed by atoms with Crippen LogP contribution >= 0.6 is 0 Å². The van der Waals surface area contributed by atoms with Crippen LogP contribution in [0.4, 0.5) is 11.4 Å². The Kier molecular flexibility index (Phi) is 4.50. The maximum Gasteiger partial charge on any atom is 0.275 e. The summed E-state index contributed by atoms with van der Waals surface area (Å²) in [5.74, 6) is -0.226. The van der Waals surface area contributed by atoms with Crippen LogP contribution in [-0.2, 0) is 0 Å². The van der Waals surface area contributed by atoms with Crippen molar-refractivity contribution in [3.05, 3.63) is 60.6 Å². The van der Waals surface area contributed by atoms with Gasteiger partial charge in [0.1, 0.15) is 12.0 Å². The van der Waals surface area contributed by atoms with E-state index in [1.165, 1.54) is 12.0 Å². The Morgan fingerprint density at radius 2 is 1.69 bits per heavy atom. The molecule has 1 N–H and O–H groups in total. The molecule has 4 rings (SSSR count). The van der Waals surface area contributed by atoms with Crippen molar-refractivity contribution < 1.29 is 4.79 Å². The summed E-state index contributed by atoms with van der Waals surface area (Å²) < 4.78 is 0. The van der Waals surface area contributed by atoms with Gasteiger partial charge < -0.3 is 15.1 Å². The SMILES string of the molecule is CN1CCN(c2ccc(NC(=O)c3ncnc4ccccc34)cc2)CC1. The number of nitrogens with one attached hydrogen (secondary N) is 1. The summed E-state index contributed by atoms with van der Waals surface area (Å²) in [7, 11) is 2.15. The zero-order valence-electron chi connectivity index (χ0n) is 14.7. The standard InChI is InChI=1S/C20H21N5O/c1-24-10-12-25(13-11-24)16-8-6-15(7-9-16)23-20(26)19-17-4-2-3-5-18(17)21-14-22-19/h2-9,14H,10-13H2,1H3,(H,23,26). The molecular weight excluding hydrogens is 326 g/mol. The number of carbonyl (C=O) groups is 1. The Labute approximate surface area is 152 Å². The van der Waals surface area contributed by atoms with Gasteiger partial charge in [-0.15, -0.1) is 0 Å². The van der Waals surface area contributed by atoms with Crippen LogP contribution in [0.3, 0.4) is 0 Å². The van der Waals surface area contributed by atoms with E-state index in [4.69, 9.17) is 0 Å². The summed E-state index contributed by atoms with van der Waals surface area (Å²) >= 11 is 0. The molecule has 0 aliphatic carbocycles. The first-order valence-electron chi connectivity index (χ1n) is 8.75. The molecule has 0 saturated carbocycles. The molecule has 3 aromatic rings. The fourth-order valence-electron chi connectivity index (χ4n) is 3.20. The van der Waals surface area contributed by atoms with Gasteiger partial charge in [-0.1, -0.05) is 18.2 Å². The van der Waals surface area contributed by atoms with Crippen LogP contribution in [0.1, 0.15) is 10.5 Å². The molecule has 0 atom stereocenters. The van der Waals surface area contributed by atoms with Crippen molar-refractivity contribution in [2.24, 2.45) is 0 Å². The van der Waals surface area contributed by atoms with Crippen LogP contribution in [0, 0.1) is 0 Å². The molecule has 6 heteroatoms. The highest BCUT2D eigenvalue weighted by Gasteiger charge is 2.15. The second-order valence-corrected chi connectivity index (χ2v) is 6.53. The van der Waals surface area contributed by atoms with Gasteiger partial charge >= 0.3 is 0 Å². The number of piperazine rings is 1. The summed E-state index contributed by atoms with van der Waals surface area (Å²) in [4.78, 5) is 25.7. The summed E-state index contributed by atoms with van der Waals surface area (Å²) in [5, 5.41) is 3.68. The largest absolute Gasteiger partial charge is 0.369 e. The van der Waals surface area contributed by atoms with Crippen molar-refractivity contribution in [3.63, 3.8) is 0 Å². The van der Waals surface area contributed by atoms with Crippen LogP contribution in [0.2, 0.25) is 0 Å². The van der Waals surface area contributed by atoms with Gasteiger partial charge in [0.05, 0.1) is 5.52 Å². The lowest BCUT2D eigenvalue weighted by Gasteiger charge is -2.34. The zero-order valence-corrected chi connectivity index (χ0v) is 14.7. The van der Waals surface area contributed by atoms with Crippen molar-refractivity contribution in [3.8, 4) is 0 Å². The number of para-hydroxylation sites is 1. The van der Waals surface area contributed by atoms with Gasteiger partial charge in [0.2, 0.25) is 0 Å². The Morgan fingerprint density at radius 1 is 0.962 bits per heavy atom. The van der Waals surface area contributed by atoms with E-state index in [0.29, 0.717) is 5.69 Å². The highest BCUT2D eigenvalue weighted by atomic mass is 16.1. The molecule has 26 heavy (non-hydrogen) atoms. The molecule has 0 spiro atoms. The fourth-order valence-corrected chi connectivity index (χ4v) is 3.20. The first-order valence-corrected chi connectivity index (χ1v) is 8.75. The maximum absolute atomic E-state index is 12.6. The van der Waals surface area contributed by atoms with E-state index < -0.39 is 0 Å². The highest BCUT2D eigenvalue weighted by molar-refractivity contribution is 6.10. The Bertz CT molecular complexity index is 912. The first kappa shape index (κ1) is 16.5. The Hall–Kier alpha value is -2.99. The van der Waals surface area contributed by atoms with Crippen molar-refractivity contribution in [2.45, 2.75) is 0 Å². The second kappa shape index (κ2) is 7.09. The number of hydrogen-bond acceptors (Lipinski definition) is 5. The van der Waals surface area contributed by atoms with Crippen LogP contribution in [-0.4, -0.2) is 54.0 Å². The number of aromatic nitrogens is 2. The number of amides is 1. The number of hydrogen-bond donors (Lipinski definition) is 1. The van der Waals surface area contributed by atoms with Gasteiger partial charge in [-0.25, -0.2) is 9.97 Å². The fraction of sp³-hybridized carbons (Fsp3) is 0.250. The van der Waals surface area contributed by atoms with Gasteiger partial charge in [-0.05, 0) is 37.4 Å². The van der Waals surface area contributed by atoms with Gasteiger partial charge in [0, 0.05) is 42.9 Å². The summed E-state index contributed by atoms with van der Waals surface area (Å²) in [6.45, 7) is 4.18. The summed E-state index contributed by atoms with van der Waals surface area (Å²) in [6.07, 6.45) is 1.42. The lowest BCUT2D eigenvalue weighted by molar-refractivity contribution is 0.102. The smallest absolute Gasteiger partial charge is 0.275 e. The minimum absolute atomic E-state index is 0.226. The molecule has 2 heterocycles. The van der Waals surface area contributed by atoms with Crippen molar-refractivity contribution in [2.75, 3.05) is 43.4 Å². The van der Waals surface area contributed by atoms with Gasteiger partial charge in [-0.3, -0.25) is 4.79 Å². The van der Waals surface area contributed by atoms with Gasteiger partial charge in [0.15, 0.2) is 0 Å². The van der Waals surface area contributed by atoms with E-state index in [1.54, 1.807) is 0 Å². The van der Waals surface area contributed by atoms with Crippen molar-refractivity contribution >= 4 is 28.2 Å². The molecule has 1 aromatic heterocycles. The molecule has 1 aliphatic rings. The third-order valence-electron chi connectivity index (χ3n) is 4.75. The van der Waals surface area contributed by atoms with E-state index in [1.807, 2.05) is 36.4 Å². The third-order valence-corrected chi connectivity index (χ3v) is 4.75. The molecule has 2 aromatic carbocycles. The van der Waals surface area contributed by atoms with Crippen molar-refractivity contribution in [1.29, 1.82) is 0 Å². The minimum atomic E-state index is -0.226. The molecular formula is C20H21N5O. The number of nitrogens with zero attached hydrogens (tertiary/aromatic N) is 4. The van der Waals surface area contributed by atoms with Crippen LogP contribution in [0.15, 0.2) is 54.9 Å². The number of likely N-dealkylation sites (N-methyl/N-ethyl adjacent to an activating group) is 1. The zero-order chi connectivity index (χ0) is 17.9. The monoisotopic (exact) mass is 347 g/mol. The topological polar surface area (TPSA) is 61.4 Å². The molecule has 6 nitrogen and oxygen atoms in total. The van der Waals surface area contributed by atoms with Crippen LogP contribution < -0.4 is 10.2 Å². The molecule has 0 radical (unpaired) electrons. The van der Waals surface area contributed by atoms with E-state index in [0.717, 1.165) is 42.8 Å². The average molecular weight is 347 g/mol. The predicted molar refractivity (Wildman–Crippen MR) is 104 cm³/mol. The normalized spacial score (nSPS) is 15.2. The third kappa shape index (κ3) is 3.36.